The van der Waals surface area contributed by atoms with Crippen molar-refractivity contribution in [2.75, 3.05) is 5.32 Å². The molecule has 23 heavy (non-hydrogen) atoms. The molecule has 0 radical (unpaired) electrons. The number of pyridine rings is 1. The summed E-state index contributed by atoms with van der Waals surface area (Å²) in [6, 6.07) is 5.85. The van der Waals surface area contributed by atoms with Gasteiger partial charge in [0.2, 0.25) is 5.88 Å². The third-order valence-corrected chi connectivity index (χ3v) is 2.74. The number of benzene rings is 1. The molecule has 0 bridgehead atoms. The van der Waals surface area contributed by atoms with Crippen LogP contribution in [0.4, 0.5) is 19.3 Å². The lowest BCUT2D eigenvalue weighted by Gasteiger charge is -2.14. The molecule has 0 fully saturated rings. The van der Waals surface area contributed by atoms with E-state index < -0.39 is 17.7 Å². The fraction of sp³-hybridized carbons (Fsp3) is 0.250. The molecule has 0 saturated heterocycles. The van der Waals surface area contributed by atoms with Gasteiger partial charge in [0.15, 0.2) is 0 Å². The number of hydrogen-bond donors (Lipinski definition) is 2. The highest BCUT2D eigenvalue weighted by atomic mass is 19.1. The second-order valence-electron chi connectivity index (χ2n) is 5.11. The van der Waals surface area contributed by atoms with Gasteiger partial charge < -0.3 is 15.4 Å². The number of carbonyl (C=O) groups excluding carboxylic acids is 1. The Morgan fingerprint density at radius 2 is 1.96 bits per heavy atom. The molecule has 0 atom stereocenters. The monoisotopic (exact) mass is 321 g/mol. The van der Waals surface area contributed by atoms with Gasteiger partial charge in [-0.2, -0.15) is 0 Å². The number of amides is 2. The molecule has 0 spiro atoms. The fourth-order valence-electron chi connectivity index (χ4n) is 1.86. The molecule has 0 aliphatic heterocycles. The van der Waals surface area contributed by atoms with Gasteiger partial charge in [0.25, 0.3) is 0 Å². The van der Waals surface area contributed by atoms with Crippen molar-refractivity contribution in [3.63, 3.8) is 0 Å². The molecule has 0 unspecified atom stereocenters. The molecule has 2 aromatic rings. The Balaban J connectivity index is 1.97. The van der Waals surface area contributed by atoms with Crippen molar-refractivity contribution in [3.8, 4) is 5.88 Å². The summed E-state index contributed by atoms with van der Waals surface area (Å²) < 4.78 is 31.6. The zero-order valence-electron chi connectivity index (χ0n) is 12.8. The minimum absolute atomic E-state index is 0.0128. The van der Waals surface area contributed by atoms with E-state index in [0.29, 0.717) is 17.1 Å². The normalized spacial score (nSPS) is 10.5. The van der Waals surface area contributed by atoms with E-state index in [1.54, 1.807) is 18.3 Å². The maximum Gasteiger partial charge on any atom is 0.319 e. The number of ether oxygens (including phenoxy) is 1. The van der Waals surface area contributed by atoms with Gasteiger partial charge in [0, 0.05) is 18.8 Å². The number of hydrogen-bond acceptors (Lipinski definition) is 3. The minimum atomic E-state index is -0.693. The van der Waals surface area contributed by atoms with Gasteiger partial charge in [-0.1, -0.05) is 0 Å². The van der Waals surface area contributed by atoms with Crippen LogP contribution in [0.25, 0.3) is 0 Å². The van der Waals surface area contributed by atoms with E-state index in [1.165, 1.54) is 0 Å². The third-order valence-electron chi connectivity index (χ3n) is 2.74. The van der Waals surface area contributed by atoms with Crippen LogP contribution in [0.15, 0.2) is 36.5 Å². The lowest BCUT2D eigenvalue weighted by Crippen LogP contribution is -2.28. The number of halogens is 2. The largest absolute Gasteiger partial charge is 0.473 e. The Kier molecular flexibility index (Phi) is 5.46. The number of aromatic nitrogens is 1. The first-order valence-electron chi connectivity index (χ1n) is 7.05. The summed E-state index contributed by atoms with van der Waals surface area (Å²) in [6.45, 7) is 3.68. The predicted octanol–water partition coefficient (Wildman–Crippen LogP) is 3.47. The molecular formula is C16H17F2N3O2. The Morgan fingerprint density at radius 1 is 1.26 bits per heavy atom. The summed E-state index contributed by atoms with van der Waals surface area (Å²) in [4.78, 5) is 16.0. The van der Waals surface area contributed by atoms with Gasteiger partial charge in [-0.25, -0.2) is 18.6 Å². The molecule has 2 N–H and O–H groups in total. The molecule has 2 rings (SSSR count). The molecular weight excluding hydrogens is 304 g/mol. The highest BCUT2D eigenvalue weighted by Crippen LogP contribution is 2.21. The van der Waals surface area contributed by atoms with Crippen molar-refractivity contribution in [1.29, 1.82) is 0 Å². The average molecular weight is 321 g/mol. The standard InChI is InChI=1S/C16H17F2N3O2/c1-10(2)23-15-14(4-3-5-19-15)21-16(22)20-9-11-6-12(17)8-13(18)7-11/h3-8,10H,9H2,1-2H3,(H2,20,21,22). The van der Waals surface area contributed by atoms with Crippen molar-refractivity contribution < 1.29 is 18.3 Å². The summed E-state index contributed by atoms with van der Waals surface area (Å²) in [5.41, 5.74) is 0.728. The average Bonchev–Trinajstić information content (AvgIpc) is 2.46. The summed E-state index contributed by atoms with van der Waals surface area (Å²) in [7, 11) is 0. The van der Waals surface area contributed by atoms with E-state index in [9.17, 15) is 13.6 Å². The Hall–Kier alpha value is -2.70. The van der Waals surface area contributed by atoms with Crippen molar-refractivity contribution in [3.05, 3.63) is 53.7 Å². The third kappa shape index (κ3) is 5.21. The number of carbonyl (C=O) groups is 1. The number of nitrogens with zero attached hydrogens (tertiary/aromatic N) is 1. The first-order chi connectivity index (χ1) is 10.9. The summed E-state index contributed by atoms with van der Waals surface area (Å²) in [6.07, 6.45) is 1.46. The number of rotatable bonds is 5. The Morgan fingerprint density at radius 3 is 2.61 bits per heavy atom. The molecule has 0 aliphatic carbocycles. The van der Waals surface area contributed by atoms with Gasteiger partial charge in [0.05, 0.1) is 6.10 Å². The molecule has 1 aromatic carbocycles. The zero-order valence-corrected chi connectivity index (χ0v) is 12.8. The van der Waals surface area contributed by atoms with E-state index in [1.807, 2.05) is 13.8 Å². The number of nitrogens with one attached hydrogen (secondary N) is 2. The molecule has 0 saturated carbocycles. The van der Waals surface area contributed by atoms with Crippen LogP contribution < -0.4 is 15.4 Å². The SMILES string of the molecule is CC(C)Oc1ncccc1NC(=O)NCc1cc(F)cc(F)c1. The quantitative estimate of drug-likeness (QED) is 0.886. The molecule has 1 heterocycles. The highest BCUT2D eigenvalue weighted by molar-refractivity contribution is 5.90. The van der Waals surface area contributed by atoms with Crippen LogP contribution >= 0.6 is 0 Å². The van der Waals surface area contributed by atoms with Gasteiger partial charge in [0.1, 0.15) is 17.3 Å². The van der Waals surface area contributed by atoms with E-state index in [4.69, 9.17) is 4.74 Å². The zero-order chi connectivity index (χ0) is 16.8. The summed E-state index contributed by atoms with van der Waals surface area (Å²) in [5, 5.41) is 5.11. The molecule has 5 nitrogen and oxygen atoms in total. The van der Waals surface area contributed by atoms with Crippen LogP contribution in [-0.2, 0) is 6.54 Å². The van der Waals surface area contributed by atoms with Crippen LogP contribution in [0.5, 0.6) is 5.88 Å². The molecule has 1 aromatic heterocycles. The van der Waals surface area contributed by atoms with E-state index in [2.05, 4.69) is 15.6 Å². The van der Waals surface area contributed by atoms with E-state index in [0.717, 1.165) is 18.2 Å². The predicted molar refractivity (Wildman–Crippen MR) is 82.2 cm³/mol. The van der Waals surface area contributed by atoms with Crippen LogP contribution in [0.3, 0.4) is 0 Å². The Labute approximate surface area is 132 Å². The van der Waals surface area contributed by atoms with Crippen LogP contribution in [0.1, 0.15) is 19.4 Å². The maximum atomic E-state index is 13.1. The van der Waals surface area contributed by atoms with Gasteiger partial charge in [-0.3, -0.25) is 0 Å². The van der Waals surface area contributed by atoms with Crippen molar-refractivity contribution >= 4 is 11.7 Å². The lowest BCUT2D eigenvalue weighted by molar-refractivity contribution is 0.233. The van der Waals surface area contributed by atoms with Gasteiger partial charge in [-0.15, -0.1) is 0 Å². The first-order valence-corrected chi connectivity index (χ1v) is 7.05. The lowest BCUT2D eigenvalue weighted by atomic mass is 10.2. The summed E-state index contributed by atoms with van der Waals surface area (Å²) >= 11 is 0. The van der Waals surface area contributed by atoms with E-state index >= 15 is 0 Å². The highest BCUT2D eigenvalue weighted by Gasteiger charge is 2.10. The second-order valence-corrected chi connectivity index (χ2v) is 5.11. The van der Waals surface area contributed by atoms with Gasteiger partial charge >= 0.3 is 6.03 Å². The van der Waals surface area contributed by atoms with Crippen molar-refractivity contribution in [2.45, 2.75) is 26.5 Å². The van der Waals surface area contributed by atoms with Gasteiger partial charge in [-0.05, 0) is 43.7 Å². The minimum Gasteiger partial charge on any atom is -0.473 e. The topological polar surface area (TPSA) is 63.2 Å². The van der Waals surface area contributed by atoms with Crippen molar-refractivity contribution in [2.24, 2.45) is 0 Å². The molecule has 122 valence electrons. The molecule has 2 amide bonds. The Bertz CT molecular complexity index is 673. The fourth-order valence-corrected chi connectivity index (χ4v) is 1.86. The molecule has 0 aliphatic rings. The van der Waals surface area contributed by atoms with Crippen LogP contribution in [0.2, 0.25) is 0 Å². The first kappa shape index (κ1) is 16.7. The van der Waals surface area contributed by atoms with Crippen LogP contribution in [-0.4, -0.2) is 17.1 Å². The summed E-state index contributed by atoms with van der Waals surface area (Å²) in [5.74, 6) is -1.08. The number of anilines is 1. The smallest absolute Gasteiger partial charge is 0.319 e. The maximum absolute atomic E-state index is 13.1. The van der Waals surface area contributed by atoms with Crippen LogP contribution in [0, 0.1) is 11.6 Å². The molecule has 7 heteroatoms. The van der Waals surface area contributed by atoms with E-state index in [-0.39, 0.29) is 12.6 Å². The number of urea groups is 1. The second kappa shape index (κ2) is 7.53. The van der Waals surface area contributed by atoms with Crippen molar-refractivity contribution in [1.82, 2.24) is 10.3 Å².